The molecule has 1 amide bonds. The van der Waals surface area contributed by atoms with Gasteiger partial charge in [-0.3, -0.25) is 9.78 Å². The molecule has 0 saturated carbocycles. The average Bonchev–Trinajstić information content (AvgIpc) is 2.83. The molecule has 2 heterocycles. The molecule has 0 unspecified atom stereocenters. The van der Waals surface area contributed by atoms with Crippen molar-refractivity contribution in [2.75, 3.05) is 5.32 Å². The van der Waals surface area contributed by atoms with Crippen molar-refractivity contribution in [2.24, 2.45) is 0 Å². The van der Waals surface area contributed by atoms with E-state index in [9.17, 15) is 4.79 Å². The van der Waals surface area contributed by atoms with Gasteiger partial charge in [0.25, 0.3) is 0 Å². The SMILES string of the molecule is O=C(CCCn1cnnn1)Nc1cccnc1. The van der Waals surface area contributed by atoms with Gasteiger partial charge in [0.1, 0.15) is 6.33 Å². The molecular formula is C10H12N6O. The summed E-state index contributed by atoms with van der Waals surface area (Å²) in [6.07, 6.45) is 5.91. The van der Waals surface area contributed by atoms with Crippen LogP contribution in [0.5, 0.6) is 0 Å². The van der Waals surface area contributed by atoms with Crippen LogP contribution in [0.15, 0.2) is 30.9 Å². The third kappa shape index (κ3) is 3.63. The maximum Gasteiger partial charge on any atom is 0.224 e. The zero-order chi connectivity index (χ0) is 11.9. The third-order valence-corrected chi connectivity index (χ3v) is 2.13. The van der Waals surface area contributed by atoms with Gasteiger partial charge in [-0.1, -0.05) is 0 Å². The zero-order valence-corrected chi connectivity index (χ0v) is 9.15. The molecule has 0 aliphatic carbocycles. The van der Waals surface area contributed by atoms with Crippen LogP contribution in [-0.2, 0) is 11.3 Å². The van der Waals surface area contributed by atoms with Crippen LogP contribution in [0.2, 0.25) is 0 Å². The van der Waals surface area contributed by atoms with Gasteiger partial charge in [0.2, 0.25) is 5.91 Å². The van der Waals surface area contributed by atoms with E-state index in [1.54, 1.807) is 29.2 Å². The van der Waals surface area contributed by atoms with Crippen molar-refractivity contribution >= 4 is 11.6 Å². The smallest absolute Gasteiger partial charge is 0.224 e. The van der Waals surface area contributed by atoms with Gasteiger partial charge in [-0.25, -0.2) is 4.68 Å². The number of nitrogens with one attached hydrogen (secondary N) is 1. The van der Waals surface area contributed by atoms with Gasteiger partial charge in [-0.2, -0.15) is 0 Å². The average molecular weight is 232 g/mol. The highest BCUT2D eigenvalue weighted by molar-refractivity contribution is 5.90. The van der Waals surface area contributed by atoms with Crippen LogP contribution in [0, 0.1) is 0 Å². The van der Waals surface area contributed by atoms with Crippen LogP contribution in [-0.4, -0.2) is 31.1 Å². The Morgan fingerprint density at radius 3 is 3.12 bits per heavy atom. The van der Waals surface area contributed by atoms with E-state index in [1.165, 1.54) is 6.33 Å². The Labute approximate surface area is 97.9 Å². The first-order valence-corrected chi connectivity index (χ1v) is 5.25. The standard InChI is InChI=1S/C10H12N6O/c17-10(13-9-3-1-5-11-7-9)4-2-6-16-8-12-14-15-16/h1,3,5,7-8H,2,4,6H2,(H,13,17). The van der Waals surface area contributed by atoms with Crippen molar-refractivity contribution in [1.82, 2.24) is 25.2 Å². The highest BCUT2D eigenvalue weighted by Gasteiger charge is 2.02. The van der Waals surface area contributed by atoms with E-state index < -0.39 is 0 Å². The molecule has 7 heteroatoms. The summed E-state index contributed by atoms with van der Waals surface area (Å²) in [7, 11) is 0. The van der Waals surface area contributed by atoms with Gasteiger partial charge < -0.3 is 5.32 Å². The number of rotatable bonds is 5. The molecule has 2 aromatic rings. The lowest BCUT2D eigenvalue weighted by Crippen LogP contribution is -2.12. The third-order valence-electron chi connectivity index (χ3n) is 2.13. The number of pyridine rings is 1. The molecule has 0 bridgehead atoms. The summed E-state index contributed by atoms with van der Waals surface area (Å²) in [5.41, 5.74) is 0.708. The van der Waals surface area contributed by atoms with Crippen LogP contribution in [0.1, 0.15) is 12.8 Å². The summed E-state index contributed by atoms with van der Waals surface area (Å²) in [6, 6.07) is 3.57. The van der Waals surface area contributed by atoms with E-state index in [0.717, 1.165) is 0 Å². The largest absolute Gasteiger partial charge is 0.325 e. The van der Waals surface area contributed by atoms with Gasteiger partial charge in [0, 0.05) is 19.2 Å². The summed E-state index contributed by atoms with van der Waals surface area (Å²) in [4.78, 5) is 15.5. The van der Waals surface area contributed by atoms with E-state index in [-0.39, 0.29) is 5.91 Å². The summed E-state index contributed by atoms with van der Waals surface area (Å²) in [5.74, 6) is -0.0360. The molecule has 17 heavy (non-hydrogen) atoms. The number of amides is 1. The molecule has 2 aromatic heterocycles. The minimum Gasteiger partial charge on any atom is -0.325 e. The Kier molecular flexibility index (Phi) is 3.74. The highest BCUT2D eigenvalue weighted by Crippen LogP contribution is 2.04. The molecule has 2 rings (SSSR count). The van der Waals surface area contributed by atoms with Gasteiger partial charge in [0.05, 0.1) is 11.9 Å². The number of tetrazole rings is 1. The van der Waals surface area contributed by atoms with Crippen LogP contribution >= 0.6 is 0 Å². The maximum atomic E-state index is 11.5. The Morgan fingerprint density at radius 2 is 2.41 bits per heavy atom. The normalized spacial score (nSPS) is 10.1. The summed E-state index contributed by atoms with van der Waals surface area (Å²) in [5, 5.41) is 13.5. The fourth-order valence-corrected chi connectivity index (χ4v) is 1.34. The van der Waals surface area contributed by atoms with Crippen molar-refractivity contribution in [2.45, 2.75) is 19.4 Å². The van der Waals surface area contributed by atoms with Crippen molar-refractivity contribution in [1.29, 1.82) is 0 Å². The van der Waals surface area contributed by atoms with Crippen LogP contribution in [0.3, 0.4) is 0 Å². The van der Waals surface area contributed by atoms with Crippen molar-refractivity contribution in [3.05, 3.63) is 30.9 Å². The molecule has 0 atom stereocenters. The van der Waals surface area contributed by atoms with Gasteiger partial charge >= 0.3 is 0 Å². The highest BCUT2D eigenvalue weighted by atomic mass is 16.1. The number of hydrogen-bond donors (Lipinski definition) is 1. The van der Waals surface area contributed by atoms with Crippen molar-refractivity contribution in [3.63, 3.8) is 0 Å². The van der Waals surface area contributed by atoms with E-state index in [4.69, 9.17) is 0 Å². The van der Waals surface area contributed by atoms with Gasteiger partial charge in [-0.05, 0) is 29.0 Å². The maximum absolute atomic E-state index is 11.5. The molecule has 88 valence electrons. The summed E-state index contributed by atoms with van der Waals surface area (Å²) >= 11 is 0. The van der Waals surface area contributed by atoms with Gasteiger partial charge in [-0.15, -0.1) is 5.10 Å². The second-order valence-corrected chi connectivity index (χ2v) is 3.47. The monoisotopic (exact) mass is 232 g/mol. The Morgan fingerprint density at radius 1 is 1.47 bits per heavy atom. The first-order valence-electron chi connectivity index (χ1n) is 5.25. The number of nitrogens with zero attached hydrogens (tertiary/aromatic N) is 5. The second-order valence-electron chi connectivity index (χ2n) is 3.47. The molecule has 0 radical (unpaired) electrons. The molecule has 0 aromatic carbocycles. The molecular weight excluding hydrogens is 220 g/mol. The quantitative estimate of drug-likeness (QED) is 0.810. The van der Waals surface area contributed by atoms with Crippen molar-refractivity contribution in [3.8, 4) is 0 Å². The minimum absolute atomic E-state index is 0.0360. The molecule has 0 fully saturated rings. The number of hydrogen-bond acceptors (Lipinski definition) is 5. The summed E-state index contributed by atoms with van der Waals surface area (Å²) < 4.78 is 1.59. The first kappa shape index (κ1) is 11.2. The van der Waals surface area contributed by atoms with Gasteiger partial charge in [0.15, 0.2) is 0 Å². The number of aromatic nitrogens is 5. The molecule has 0 saturated heterocycles. The molecule has 1 N–H and O–H groups in total. The topological polar surface area (TPSA) is 85.6 Å². The number of carbonyl (C=O) groups is 1. The van der Waals surface area contributed by atoms with E-state index in [1.807, 2.05) is 0 Å². The lowest BCUT2D eigenvalue weighted by Gasteiger charge is -2.03. The number of aryl methyl sites for hydroxylation is 1. The lowest BCUT2D eigenvalue weighted by atomic mass is 10.3. The predicted octanol–water partition coefficient (Wildman–Crippen LogP) is 0.487. The van der Waals surface area contributed by atoms with E-state index >= 15 is 0 Å². The number of carbonyl (C=O) groups excluding carboxylic acids is 1. The first-order chi connectivity index (χ1) is 8.34. The second kappa shape index (κ2) is 5.69. The van der Waals surface area contributed by atoms with Crippen LogP contribution < -0.4 is 5.32 Å². The van der Waals surface area contributed by atoms with Crippen molar-refractivity contribution < 1.29 is 4.79 Å². The zero-order valence-electron chi connectivity index (χ0n) is 9.15. The van der Waals surface area contributed by atoms with E-state index in [2.05, 4.69) is 25.8 Å². The van der Waals surface area contributed by atoms with Crippen LogP contribution in [0.4, 0.5) is 5.69 Å². The van der Waals surface area contributed by atoms with Crippen LogP contribution in [0.25, 0.3) is 0 Å². The fourth-order valence-electron chi connectivity index (χ4n) is 1.34. The molecule has 7 nitrogen and oxygen atoms in total. The fraction of sp³-hybridized carbons (Fsp3) is 0.300. The summed E-state index contributed by atoms with van der Waals surface area (Å²) in [6.45, 7) is 0.632. The minimum atomic E-state index is -0.0360. The molecule has 0 spiro atoms. The Balaban J connectivity index is 1.71. The predicted molar refractivity (Wildman–Crippen MR) is 59.9 cm³/mol. The molecule has 0 aliphatic rings. The Hall–Kier alpha value is -2.31. The lowest BCUT2D eigenvalue weighted by molar-refractivity contribution is -0.116. The molecule has 0 aliphatic heterocycles. The number of anilines is 1. The van der Waals surface area contributed by atoms with E-state index in [0.29, 0.717) is 25.1 Å². The Bertz CT molecular complexity index is 455.